The predicted molar refractivity (Wildman–Crippen MR) is 62.8 cm³/mol. The van der Waals surface area contributed by atoms with Crippen molar-refractivity contribution < 1.29 is 0 Å². The summed E-state index contributed by atoms with van der Waals surface area (Å²) < 4.78 is 3.03. The number of nitrogens with zero attached hydrogens (tertiary/aromatic N) is 4. The first-order valence-corrected chi connectivity index (χ1v) is 4.82. The molecule has 0 saturated carbocycles. The van der Waals surface area contributed by atoms with Gasteiger partial charge in [0.2, 0.25) is 0 Å². The van der Waals surface area contributed by atoms with Gasteiger partial charge in [0.15, 0.2) is 5.82 Å². The fraction of sp³-hybridized carbons (Fsp3) is 0.182. The average molecular weight is 216 g/mol. The van der Waals surface area contributed by atoms with Gasteiger partial charge in [-0.05, 0) is 25.8 Å². The minimum absolute atomic E-state index is 0.145. The molecule has 0 radical (unpaired) electrons. The highest BCUT2D eigenvalue weighted by molar-refractivity contribution is 5.49. The fourth-order valence-electron chi connectivity index (χ4n) is 1.60. The zero-order valence-corrected chi connectivity index (χ0v) is 9.21. The van der Waals surface area contributed by atoms with Gasteiger partial charge in [-0.2, -0.15) is 0 Å². The molecule has 2 heterocycles. The molecule has 16 heavy (non-hydrogen) atoms. The summed E-state index contributed by atoms with van der Waals surface area (Å²) in [4.78, 5) is 19.9. The summed E-state index contributed by atoms with van der Waals surface area (Å²) in [5.41, 5.74) is 1.33. The molecule has 0 spiro atoms. The highest BCUT2D eigenvalue weighted by Crippen LogP contribution is 2.19. The number of rotatable bonds is 2. The maximum absolute atomic E-state index is 12.0. The Morgan fingerprint density at radius 3 is 2.81 bits per heavy atom. The molecule has 0 saturated heterocycles. The Bertz CT molecular complexity index is 580. The molecule has 5 nitrogen and oxygen atoms in total. The second-order valence-electron chi connectivity index (χ2n) is 3.46. The first kappa shape index (κ1) is 10.4. The maximum Gasteiger partial charge on any atom is 0.334 e. The van der Waals surface area contributed by atoms with E-state index in [9.17, 15) is 4.79 Å². The van der Waals surface area contributed by atoms with Crippen LogP contribution in [-0.4, -0.2) is 20.8 Å². The van der Waals surface area contributed by atoms with Crippen molar-refractivity contribution in [3.8, 4) is 5.69 Å². The van der Waals surface area contributed by atoms with Crippen LogP contribution in [0.4, 0.5) is 5.82 Å². The third-order valence-electron chi connectivity index (χ3n) is 2.57. The summed E-state index contributed by atoms with van der Waals surface area (Å²) >= 11 is 0. The number of pyridine rings is 1. The van der Waals surface area contributed by atoms with E-state index in [-0.39, 0.29) is 5.69 Å². The minimum Gasteiger partial charge on any atom is -0.297 e. The van der Waals surface area contributed by atoms with Crippen molar-refractivity contribution in [1.29, 1.82) is 0 Å². The summed E-state index contributed by atoms with van der Waals surface area (Å²) in [6.45, 7) is 5.32. The van der Waals surface area contributed by atoms with Crippen LogP contribution in [-0.2, 0) is 7.05 Å². The average Bonchev–Trinajstić information content (AvgIpc) is 2.54. The van der Waals surface area contributed by atoms with Gasteiger partial charge in [-0.3, -0.25) is 9.55 Å². The zero-order valence-electron chi connectivity index (χ0n) is 9.21. The Hall–Kier alpha value is -2.17. The molecule has 0 bridgehead atoms. The molecule has 0 unspecified atom stereocenters. The largest absolute Gasteiger partial charge is 0.334 e. The van der Waals surface area contributed by atoms with Crippen LogP contribution >= 0.6 is 0 Å². The van der Waals surface area contributed by atoms with Crippen molar-refractivity contribution in [2.75, 3.05) is 0 Å². The normalized spacial score (nSPS) is 10.4. The lowest BCUT2D eigenvalue weighted by Crippen LogP contribution is -2.21. The summed E-state index contributed by atoms with van der Waals surface area (Å²) in [5, 5.41) is 0. The van der Waals surface area contributed by atoms with E-state index < -0.39 is 0 Å². The first-order chi connectivity index (χ1) is 7.66. The van der Waals surface area contributed by atoms with Gasteiger partial charge in [-0.1, -0.05) is 0 Å². The van der Waals surface area contributed by atoms with E-state index >= 15 is 0 Å². The molecule has 5 heteroatoms. The number of imidazole rings is 1. The Morgan fingerprint density at radius 1 is 1.50 bits per heavy atom. The van der Waals surface area contributed by atoms with Gasteiger partial charge in [0.25, 0.3) is 0 Å². The quantitative estimate of drug-likeness (QED) is 0.708. The second-order valence-corrected chi connectivity index (χ2v) is 3.46. The molecule has 0 aliphatic rings. The SMILES string of the molecule is C=Nc1c(C)n(C)c(=O)n1-c1cccnc1. The lowest BCUT2D eigenvalue weighted by molar-refractivity contribution is 0.802. The molecule has 0 atom stereocenters. The van der Waals surface area contributed by atoms with Crippen molar-refractivity contribution in [3.63, 3.8) is 0 Å². The molecule has 0 aliphatic heterocycles. The zero-order chi connectivity index (χ0) is 11.7. The molecule has 2 rings (SSSR count). The van der Waals surface area contributed by atoms with Crippen LogP contribution in [0.1, 0.15) is 5.69 Å². The molecule has 2 aromatic heterocycles. The van der Waals surface area contributed by atoms with E-state index in [4.69, 9.17) is 0 Å². The van der Waals surface area contributed by atoms with E-state index in [2.05, 4.69) is 16.7 Å². The van der Waals surface area contributed by atoms with E-state index in [1.807, 2.05) is 13.0 Å². The van der Waals surface area contributed by atoms with E-state index in [1.165, 1.54) is 9.13 Å². The van der Waals surface area contributed by atoms with Crippen LogP contribution in [0.3, 0.4) is 0 Å². The number of aliphatic imine (C=N–C) groups is 1. The molecule has 82 valence electrons. The topological polar surface area (TPSA) is 52.2 Å². The summed E-state index contributed by atoms with van der Waals surface area (Å²) in [5.74, 6) is 0.556. The van der Waals surface area contributed by atoms with Crippen molar-refractivity contribution in [2.45, 2.75) is 6.92 Å². The molecule has 0 N–H and O–H groups in total. The number of hydrogen-bond donors (Lipinski definition) is 0. The molecule has 2 aromatic rings. The molecule has 0 aliphatic carbocycles. The number of hydrogen-bond acceptors (Lipinski definition) is 3. The standard InChI is InChI=1S/C11H12N4O/c1-8-10(12-2)15(11(16)14(8)3)9-5-4-6-13-7-9/h4-7H,2H2,1,3H3. The Morgan fingerprint density at radius 2 is 2.25 bits per heavy atom. The van der Waals surface area contributed by atoms with Gasteiger partial charge >= 0.3 is 5.69 Å². The highest BCUT2D eigenvalue weighted by Gasteiger charge is 2.14. The maximum atomic E-state index is 12.0. The van der Waals surface area contributed by atoms with Crippen molar-refractivity contribution in [2.24, 2.45) is 12.0 Å². The van der Waals surface area contributed by atoms with Crippen LogP contribution in [0.2, 0.25) is 0 Å². The van der Waals surface area contributed by atoms with Crippen LogP contribution in [0, 0.1) is 6.92 Å². The monoisotopic (exact) mass is 216 g/mol. The highest BCUT2D eigenvalue weighted by atomic mass is 16.1. The van der Waals surface area contributed by atoms with Gasteiger partial charge in [0.05, 0.1) is 17.6 Å². The lowest BCUT2D eigenvalue weighted by atomic mass is 10.4. The smallest absolute Gasteiger partial charge is 0.297 e. The van der Waals surface area contributed by atoms with E-state index in [0.717, 1.165) is 5.69 Å². The summed E-state index contributed by atoms with van der Waals surface area (Å²) in [7, 11) is 1.71. The summed E-state index contributed by atoms with van der Waals surface area (Å²) in [6, 6.07) is 3.58. The lowest BCUT2D eigenvalue weighted by Gasteiger charge is -2.02. The van der Waals surface area contributed by atoms with Gasteiger partial charge in [-0.25, -0.2) is 14.4 Å². The Kier molecular flexibility index (Phi) is 2.44. The molecule has 0 fully saturated rings. The number of aromatic nitrogens is 3. The molecule has 0 amide bonds. The van der Waals surface area contributed by atoms with Crippen molar-refractivity contribution >= 4 is 12.5 Å². The third kappa shape index (κ3) is 1.37. The van der Waals surface area contributed by atoms with E-state index in [1.54, 1.807) is 25.5 Å². The van der Waals surface area contributed by atoms with Gasteiger partial charge < -0.3 is 0 Å². The van der Waals surface area contributed by atoms with Crippen LogP contribution < -0.4 is 5.69 Å². The first-order valence-electron chi connectivity index (χ1n) is 4.82. The van der Waals surface area contributed by atoms with E-state index in [0.29, 0.717) is 11.5 Å². The Balaban J connectivity index is 2.80. The minimum atomic E-state index is -0.145. The van der Waals surface area contributed by atoms with Crippen molar-refractivity contribution in [3.05, 3.63) is 40.7 Å². The fourth-order valence-corrected chi connectivity index (χ4v) is 1.60. The third-order valence-corrected chi connectivity index (χ3v) is 2.57. The molecular formula is C11H12N4O. The van der Waals surface area contributed by atoms with Gasteiger partial charge in [0, 0.05) is 13.2 Å². The van der Waals surface area contributed by atoms with Crippen LogP contribution in [0.5, 0.6) is 0 Å². The Labute approximate surface area is 92.7 Å². The van der Waals surface area contributed by atoms with Gasteiger partial charge in [-0.15, -0.1) is 0 Å². The second kappa shape index (κ2) is 3.77. The van der Waals surface area contributed by atoms with Crippen molar-refractivity contribution in [1.82, 2.24) is 14.1 Å². The van der Waals surface area contributed by atoms with Crippen LogP contribution in [0.15, 0.2) is 34.3 Å². The van der Waals surface area contributed by atoms with Gasteiger partial charge in [0.1, 0.15) is 0 Å². The molecular weight excluding hydrogens is 204 g/mol. The summed E-state index contributed by atoms with van der Waals surface area (Å²) in [6.07, 6.45) is 3.28. The van der Waals surface area contributed by atoms with Crippen LogP contribution in [0.25, 0.3) is 5.69 Å². The predicted octanol–water partition coefficient (Wildman–Crippen LogP) is 1.21. The molecule has 0 aromatic carbocycles.